The average molecular weight is 407 g/mol. The van der Waals surface area contributed by atoms with Crippen LogP contribution in [0.2, 0.25) is 0 Å². The molecule has 1 aromatic heterocycles. The molecule has 1 aromatic carbocycles. The summed E-state index contributed by atoms with van der Waals surface area (Å²) in [6.07, 6.45) is 9.41. The van der Waals surface area contributed by atoms with E-state index in [1.165, 1.54) is 50.7 Å². The van der Waals surface area contributed by atoms with E-state index >= 15 is 0 Å². The molecular formula is C22H25F3N2S. The fraction of sp³-hybridized carbons (Fsp3) is 0.591. The summed E-state index contributed by atoms with van der Waals surface area (Å²) < 4.78 is 40.9. The Bertz CT molecular complexity index is 778. The van der Waals surface area contributed by atoms with Gasteiger partial charge in [-0.2, -0.15) is 13.2 Å². The van der Waals surface area contributed by atoms with Gasteiger partial charge in [-0.05, 0) is 86.0 Å². The molecule has 4 fully saturated rings. The molecule has 150 valence electrons. The van der Waals surface area contributed by atoms with Crippen LogP contribution < -0.4 is 0 Å². The highest BCUT2D eigenvalue weighted by Gasteiger charge is 2.54. The predicted molar refractivity (Wildman–Crippen MR) is 104 cm³/mol. The Balaban J connectivity index is 1.42. The van der Waals surface area contributed by atoms with E-state index in [1.807, 2.05) is 12.5 Å². The molecule has 1 unspecified atom stereocenters. The van der Waals surface area contributed by atoms with Crippen molar-refractivity contribution in [1.82, 2.24) is 9.55 Å². The number of benzene rings is 1. The number of imidazole rings is 1. The van der Waals surface area contributed by atoms with Crippen molar-refractivity contribution in [1.29, 1.82) is 0 Å². The van der Waals surface area contributed by atoms with E-state index in [1.54, 1.807) is 30.1 Å². The van der Waals surface area contributed by atoms with E-state index in [0.717, 1.165) is 29.2 Å². The number of hydrogen-bond donors (Lipinski definition) is 0. The maximum absolute atomic E-state index is 12.9. The maximum atomic E-state index is 12.9. The van der Waals surface area contributed by atoms with Crippen molar-refractivity contribution >= 4 is 11.8 Å². The molecule has 0 amide bonds. The Morgan fingerprint density at radius 1 is 1.04 bits per heavy atom. The molecule has 1 atom stereocenters. The van der Waals surface area contributed by atoms with Gasteiger partial charge in [-0.25, -0.2) is 4.98 Å². The number of nitrogens with zero attached hydrogens (tertiary/aromatic N) is 2. The molecule has 1 heterocycles. The zero-order valence-corrected chi connectivity index (χ0v) is 16.6. The number of hydrogen-bond acceptors (Lipinski definition) is 2. The maximum Gasteiger partial charge on any atom is 0.416 e. The van der Waals surface area contributed by atoms with E-state index in [4.69, 9.17) is 0 Å². The van der Waals surface area contributed by atoms with E-state index < -0.39 is 11.7 Å². The lowest BCUT2D eigenvalue weighted by Gasteiger charge is -2.59. The minimum Gasteiger partial charge on any atom is -0.336 e. The van der Waals surface area contributed by atoms with Gasteiger partial charge in [-0.1, -0.05) is 0 Å². The third-order valence-corrected chi connectivity index (χ3v) is 8.64. The molecule has 4 saturated carbocycles. The first-order valence-electron chi connectivity index (χ1n) is 10.2. The summed E-state index contributed by atoms with van der Waals surface area (Å²) in [5.74, 6) is 2.55. The lowest BCUT2D eigenvalue weighted by atomic mass is 9.48. The Hall–Kier alpha value is -1.43. The van der Waals surface area contributed by atoms with Crippen molar-refractivity contribution < 1.29 is 13.2 Å². The van der Waals surface area contributed by atoms with Gasteiger partial charge in [0.25, 0.3) is 0 Å². The first kappa shape index (κ1) is 18.6. The summed E-state index contributed by atoms with van der Waals surface area (Å²) in [5.41, 5.74) is -0.260. The second-order valence-electron chi connectivity index (χ2n) is 9.17. The van der Waals surface area contributed by atoms with Gasteiger partial charge in [0.1, 0.15) is 0 Å². The normalized spacial score (nSPS) is 32.6. The molecule has 4 bridgehead atoms. The van der Waals surface area contributed by atoms with Gasteiger partial charge in [-0.15, -0.1) is 11.8 Å². The molecule has 4 aliphatic carbocycles. The predicted octanol–water partition coefficient (Wildman–Crippen LogP) is 6.28. The summed E-state index contributed by atoms with van der Waals surface area (Å²) >= 11 is 1.78. The van der Waals surface area contributed by atoms with Crippen molar-refractivity contribution in [2.45, 2.75) is 61.4 Å². The van der Waals surface area contributed by atoms with Crippen LogP contribution in [0, 0.1) is 23.2 Å². The average Bonchev–Trinajstić information content (AvgIpc) is 3.13. The van der Waals surface area contributed by atoms with E-state index in [0.29, 0.717) is 10.7 Å². The fourth-order valence-corrected chi connectivity index (χ4v) is 7.81. The number of aromatic nitrogens is 2. The highest BCUT2D eigenvalue weighted by atomic mass is 32.2. The highest BCUT2D eigenvalue weighted by molar-refractivity contribution is 8.00. The molecule has 0 aliphatic heterocycles. The first-order chi connectivity index (χ1) is 13.4. The van der Waals surface area contributed by atoms with Gasteiger partial charge >= 0.3 is 6.18 Å². The van der Waals surface area contributed by atoms with Crippen molar-refractivity contribution in [3.63, 3.8) is 0 Å². The highest BCUT2D eigenvalue weighted by Crippen LogP contribution is 2.63. The van der Waals surface area contributed by atoms with Crippen LogP contribution in [-0.4, -0.2) is 14.8 Å². The SMILES string of the molecule is FC(F)(F)c1ccc(SC(Cn2ccnc2)C23CC4CC(CC(C4)C2)C3)cc1. The van der Waals surface area contributed by atoms with Gasteiger partial charge < -0.3 is 4.57 Å². The molecule has 6 heteroatoms. The first-order valence-corrected chi connectivity index (χ1v) is 11.1. The second-order valence-corrected chi connectivity index (χ2v) is 10.4. The van der Waals surface area contributed by atoms with Crippen molar-refractivity contribution in [3.8, 4) is 0 Å². The molecule has 2 aromatic rings. The van der Waals surface area contributed by atoms with Crippen LogP contribution in [0.1, 0.15) is 44.1 Å². The standard InChI is InChI=1S/C22H25F3N2S/c23-22(24,25)18-1-3-19(4-2-18)28-20(13-27-6-5-26-14-27)21-10-15-7-16(11-21)9-17(8-15)12-21/h1-6,14-17,20H,7-13H2. The molecule has 0 spiro atoms. The molecule has 28 heavy (non-hydrogen) atoms. The van der Waals surface area contributed by atoms with Crippen LogP contribution in [0.5, 0.6) is 0 Å². The zero-order chi connectivity index (χ0) is 19.4. The molecule has 4 aliphatic rings. The lowest BCUT2D eigenvalue weighted by Crippen LogP contribution is -2.51. The van der Waals surface area contributed by atoms with Crippen LogP contribution in [0.15, 0.2) is 47.9 Å². The Labute approximate surface area is 167 Å². The largest absolute Gasteiger partial charge is 0.416 e. The van der Waals surface area contributed by atoms with Crippen LogP contribution in [-0.2, 0) is 12.7 Å². The summed E-state index contributed by atoms with van der Waals surface area (Å²) in [6, 6.07) is 5.73. The Morgan fingerprint density at radius 3 is 2.14 bits per heavy atom. The van der Waals surface area contributed by atoms with Gasteiger partial charge in [-0.3, -0.25) is 0 Å². The Morgan fingerprint density at radius 2 is 1.64 bits per heavy atom. The molecule has 0 saturated heterocycles. The summed E-state index contributed by atoms with van der Waals surface area (Å²) in [4.78, 5) is 5.13. The monoisotopic (exact) mass is 406 g/mol. The summed E-state index contributed by atoms with van der Waals surface area (Å²) in [5, 5.41) is 0.367. The molecule has 0 N–H and O–H groups in total. The van der Waals surface area contributed by atoms with E-state index in [-0.39, 0.29) is 0 Å². The third-order valence-electron chi connectivity index (χ3n) is 7.16. The minimum atomic E-state index is -4.28. The molecule has 2 nitrogen and oxygen atoms in total. The van der Waals surface area contributed by atoms with E-state index in [9.17, 15) is 13.2 Å². The number of halogens is 3. The molecule has 6 rings (SSSR count). The Kier molecular flexibility index (Phi) is 4.53. The van der Waals surface area contributed by atoms with Gasteiger partial charge in [0.2, 0.25) is 0 Å². The quantitative estimate of drug-likeness (QED) is 0.544. The van der Waals surface area contributed by atoms with Crippen LogP contribution in [0.25, 0.3) is 0 Å². The third kappa shape index (κ3) is 3.49. The van der Waals surface area contributed by atoms with Crippen LogP contribution in [0.4, 0.5) is 13.2 Å². The number of thioether (sulfide) groups is 1. The fourth-order valence-electron chi connectivity index (χ4n) is 6.40. The minimum absolute atomic E-state index is 0.312. The smallest absolute Gasteiger partial charge is 0.336 e. The molecular weight excluding hydrogens is 381 g/mol. The van der Waals surface area contributed by atoms with Crippen LogP contribution in [0.3, 0.4) is 0 Å². The van der Waals surface area contributed by atoms with Gasteiger partial charge in [0, 0.05) is 29.1 Å². The lowest BCUT2D eigenvalue weighted by molar-refractivity contribution is -0.137. The summed E-state index contributed by atoms with van der Waals surface area (Å²) in [7, 11) is 0. The van der Waals surface area contributed by atoms with Crippen molar-refractivity contribution in [2.75, 3.05) is 0 Å². The second kappa shape index (κ2) is 6.82. The van der Waals surface area contributed by atoms with Crippen LogP contribution >= 0.6 is 11.8 Å². The van der Waals surface area contributed by atoms with Crippen molar-refractivity contribution in [3.05, 3.63) is 48.5 Å². The zero-order valence-electron chi connectivity index (χ0n) is 15.7. The number of alkyl halides is 3. The number of rotatable bonds is 5. The summed E-state index contributed by atoms with van der Waals surface area (Å²) in [6.45, 7) is 0.873. The van der Waals surface area contributed by atoms with Gasteiger partial charge in [0.05, 0.1) is 11.9 Å². The molecule has 0 radical (unpaired) electrons. The van der Waals surface area contributed by atoms with E-state index in [2.05, 4.69) is 9.55 Å². The topological polar surface area (TPSA) is 17.8 Å². The van der Waals surface area contributed by atoms with Crippen molar-refractivity contribution in [2.24, 2.45) is 23.2 Å². The van der Waals surface area contributed by atoms with Gasteiger partial charge in [0.15, 0.2) is 0 Å².